The van der Waals surface area contributed by atoms with E-state index in [4.69, 9.17) is 19.8 Å². The van der Waals surface area contributed by atoms with Crippen molar-refractivity contribution in [2.24, 2.45) is 0 Å². The van der Waals surface area contributed by atoms with Crippen LogP contribution in [0.15, 0.2) is 0 Å². The Balaban J connectivity index is -0.0000000417. The number of carbonyl (C=O) groups excluding carboxylic acids is 1. The molecule has 0 aliphatic rings. The van der Waals surface area contributed by atoms with Gasteiger partial charge in [0, 0.05) is 0 Å². The van der Waals surface area contributed by atoms with Crippen LogP contribution in [-0.2, 0) is 9.59 Å². The van der Waals surface area contributed by atoms with E-state index < -0.39 is 11.9 Å². The van der Waals surface area contributed by atoms with Crippen molar-refractivity contribution in [1.82, 2.24) is 0 Å². The van der Waals surface area contributed by atoms with Crippen molar-refractivity contribution in [2.45, 2.75) is 0 Å². The first-order valence-electron chi connectivity index (χ1n) is 1.09. The van der Waals surface area contributed by atoms with E-state index in [1.165, 1.54) is 0 Å². The van der Waals surface area contributed by atoms with Gasteiger partial charge in [-0.1, -0.05) is 0 Å². The van der Waals surface area contributed by atoms with Gasteiger partial charge in [0.05, 0.1) is 0 Å². The molecule has 0 aromatic heterocycles. The van der Waals surface area contributed by atoms with Crippen LogP contribution in [0.5, 0.6) is 0 Å². The average Bonchev–Trinajstić information content (AvgIpc) is 1.36. The van der Waals surface area contributed by atoms with Gasteiger partial charge in [-0.05, 0) is 0 Å². The number of carbonyl (C=O) groups is 2. The van der Waals surface area contributed by atoms with Gasteiger partial charge in [0.2, 0.25) is 0 Å². The van der Waals surface area contributed by atoms with Gasteiger partial charge in [0.15, 0.2) is 5.97 Å². The Labute approximate surface area is 123 Å². The minimum absolute atomic E-state index is 0. The third-order valence-corrected chi connectivity index (χ3v) is 0.175. The largest absolute Gasteiger partial charge is 1.00 e. The van der Waals surface area contributed by atoms with Gasteiger partial charge >= 0.3 is 86.9 Å². The first kappa shape index (κ1) is 22.4. The molecule has 0 amide bonds. The van der Waals surface area contributed by atoms with E-state index in [2.05, 4.69) is 0 Å². The van der Waals surface area contributed by atoms with Crippen molar-refractivity contribution >= 4 is 11.9 Å². The van der Waals surface area contributed by atoms with E-state index in [1.54, 1.807) is 0 Å². The van der Waals surface area contributed by atoms with Crippen molar-refractivity contribution < 1.29 is 113 Å². The molecule has 42 valence electrons. The maximum absolute atomic E-state index is 9.04. The number of aliphatic carboxylic acids is 2. The first-order valence-corrected chi connectivity index (χ1v) is 1.09. The van der Waals surface area contributed by atoms with E-state index in [0.29, 0.717) is 0 Å². The third kappa shape index (κ3) is 17.7. The Morgan fingerprint density at radius 2 is 1.44 bits per heavy atom. The van der Waals surface area contributed by atoms with Crippen LogP contribution in [-0.4, -0.2) is 17.0 Å². The Bertz CT molecular complexity index is 84.6. The van der Waals surface area contributed by atoms with Gasteiger partial charge in [0.25, 0.3) is 0 Å². The molecule has 7 heteroatoms. The second kappa shape index (κ2) is 12.5. The van der Waals surface area contributed by atoms with Crippen LogP contribution >= 0.6 is 0 Å². The molecular formula is C2HClKNaO4. The summed E-state index contributed by atoms with van der Waals surface area (Å²) in [5, 5.41) is 16.3. The van der Waals surface area contributed by atoms with Crippen molar-refractivity contribution in [1.29, 1.82) is 0 Å². The second-order valence-corrected chi connectivity index (χ2v) is 0.593. The van der Waals surface area contributed by atoms with Crippen LogP contribution in [0.3, 0.4) is 0 Å². The Kier molecular flexibility index (Phi) is 31.2. The van der Waals surface area contributed by atoms with Gasteiger partial charge in [-0.25, -0.2) is 4.79 Å². The molecule has 0 heterocycles. The van der Waals surface area contributed by atoms with E-state index >= 15 is 0 Å². The zero-order valence-electron chi connectivity index (χ0n) is 5.05. The molecule has 0 saturated carbocycles. The minimum atomic E-state index is -2.07. The monoisotopic (exact) mass is 186 g/mol. The second-order valence-electron chi connectivity index (χ2n) is 0.593. The van der Waals surface area contributed by atoms with Crippen molar-refractivity contribution in [3.05, 3.63) is 0 Å². The molecule has 0 saturated heterocycles. The van der Waals surface area contributed by atoms with Crippen LogP contribution in [0.2, 0.25) is 0 Å². The summed E-state index contributed by atoms with van der Waals surface area (Å²) in [4.78, 5) is 18.0. The molecule has 0 aromatic carbocycles. The Morgan fingerprint density at radius 1 is 1.33 bits per heavy atom. The molecule has 0 radical (unpaired) electrons. The molecule has 1 N–H and O–H groups in total. The van der Waals surface area contributed by atoms with Crippen LogP contribution in [0.25, 0.3) is 0 Å². The number of carboxylic acid groups (broad SMARTS) is 2. The predicted molar refractivity (Wildman–Crippen MR) is 12.6 cm³/mol. The fourth-order valence-corrected chi connectivity index (χ4v) is 0. The quantitative estimate of drug-likeness (QED) is 0.301. The average molecular weight is 187 g/mol. The zero-order chi connectivity index (χ0) is 5.15. The molecule has 0 bridgehead atoms. The normalized spacial score (nSPS) is 4.89. The van der Waals surface area contributed by atoms with E-state index in [1.807, 2.05) is 0 Å². The molecule has 0 aromatic rings. The standard InChI is InChI=1S/C2H2O4.ClH.K.Na/c3-1(4)2(5)6;;;/h(H,3,4)(H,5,6);1H;;/q;;2*+1/p-2. The molecule has 0 atom stereocenters. The van der Waals surface area contributed by atoms with E-state index in [-0.39, 0.29) is 93.3 Å². The summed E-state index contributed by atoms with van der Waals surface area (Å²) in [6, 6.07) is 0. The number of rotatable bonds is 0. The molecular weight excluding hydrogens is 186 g/mol. The predicted octanol–water partition coefficient (Wildman–Crippen LogP) is -11.2. The summed E-state index contributed by atoms with van der Waals surface area (Å²) in [5.74, 6) is -4.01. The number of hydrogen-bond donors (Lipinski definition) is 1. The molecule has 0 unspecified atom stereocenters. The fourth-order valence-electron chi connectivity index (χ4n) is 0. The smallest absolute Gasteiger partial charge is 1.00 e. The number of hydrogen-bond acceptors (Lipinski definition) is 3. The van der Waals surface area contributed by atoms with Crippen LogP contribution < -0.4 is 98.5 Å². The van der Waals surface area contributed by atoms with Crippen LogP contribution in [0.4, 0.5) is 0 Å². The number of carboxylic acids is 2. The third-order valence-electron chi connectivity index (χ3n) is 0.175. The van der Waals surface area contributed by atoms with Crippen molar-refractivity contribution in [2.75, 3.05) is 0 Å². The van der Waals surface area contributed by atoms with Crippen molar-refractivity contribution in [3.8, 4) is 0 Å². The maximum atomic E-state index is 9.04. The summed E-state index contributed by atoms with van der Waals surface area (Å²) in [5.41, 5.74) is 0. The molecule has 0 aliphatic carbocycles. The molecule has 0 fully saturated rings. The van der Waals surface area contributed by atoms with Crippen molar-refractivity contribution in [3.63, 3.8) is 0 Å². The SMILES string of the molecule is O=C([O-])C(=O)O.[Cl-].[K+].[Na+]. The zero-order valence-corrected chi connectivity index (χ0v) is 10.9. The van der Waals surface area contributed by atoms with E-state index in [9.17, 15) is 0 Å². The topological polar surface area (TPSA) is 77.4 Å². The summed E-state index contributed by atoms with van der Waals surface area (Å²) >= 11 is 0. The summed E-state index contributed by atoms with van der Waals surface area (Å²) in [6.07, 6.45) is 0. The number of halogens is 1. The fraction of sp³-hybridized carbons (Fsp3) is 0. The summed E-state index contributed by atoms with van der Waals surface area (Å²) in [6.45, 7) is 0. The van der Waals surface area contributed by atoms with Gasteiger partial charge in [-0.15, -0.1) is 0 Å². The van der Waals surface area contributed by atoms with Gasteiger partial charge in [0.1, 0.15) is 0 Å². The Hall–Kier alpha value is 1.87. The molecule has 4 nitrogen and oxygen atoms in total. The summed E-state index contributed by atoms with van der Waals surface area (Å²) in [7, 11) is 0. The maximum Gasteiger partial charge on any atom is 1.00 e. The first-order chi connectivity index (χ1) is 2.64. The molecule has 0 rings (SSSR count). The summed E-state index contributed by atoms with van der Waals surface area (Å²) < 4.78 is 0. The Morgan fingerprint density at radius 3 is 1.44 bits per heavy atom. The van der Waals surface area contributed by atoms with Gasteiger partial charge in [-0.3, -0.25) is 0 Å². The van der Waals surface area contributed by atoms with Crippen LogP contribution in [0, 0.1) is 0 Å². The minimum Gasteiger partial charge on any atom is -1.00 e. The van der Waals surface area contributed by atoms with E-state index in [0.717, 1.165) is 0 Å². The molecule has 0 spiro atoms. The van der Waals surface area contributed by atoms with Gasteiger partial charge < -0.3 is 27.4 Å². The van der Waals surface area contributed by atoms with Crippen LogP contribution in [0.1, 0.15) is 0 Å². The molecule has 9 heavy (non-hydrogen) atoms. The molecule has 0 aliphatic heterocycles. The van der Waals surface area contributed by atoms with Gasteiger partial charge in [-0.2, -0.15) is 0 Å².